The van der Waals surface area contributed by atoms with Gasteiger partial charge in [0.2, 0.25) is 0 Å². The van der Waals surface area contributed by atoms with Crippen LogP contribution < -0.4 is 10.1 Å². The molecule has 4 heteroatoms. The summed E-state index contributed by atoms with van der Waals surface area (Å²) in [5.74, 6) is 0.787. The molecule has 0 radical (unpaired) electrons. The summed E-state index contributed by atoms with van der Waals surface area (Å²) in [5, 5.41) is 3.14. The van der Waals surface area contributed by atoms with Crippen LogP contribution in [0, 0.1) is 11.7 Å². The van der Waals surface area contributed by atoms with Gasteiger partial charge in [-0.1, -0.05) is 6.07 Å². The zero-order valence-corrected chi connectivity index (χ0v) is 10.9. The summed E-state index contributed by atoms with van der Waals surface area (Å²) in [7, 11) is 1.88. The van der Waals surface area contributed by atoms with Crippen molar-refractivity contribution in [3.8, 4) is 5.75 Å². The maximum Gasteiger partial charge on any atom is 0.126 e. The van der Waals surface area contributed by atoms with Gasteiger partial charge < -0.3 is 14.8 Å². The Hall–Kier alpha value is -1.13. The average molecular weight is 253 g/mol. The molecule has 0 aliphatic carbocycles. The number of rotatable bonds is 5. The quantitative estimate of drug-likeness (QED) is 0.874. The van der Waals surface area contributed by atoms with Crippen LogP contribution in [0.2, 0.25) is 0 Å². The van der Waals surface area contributed by atoms with Crippen LogP contribution in [0.4, 0.5) is 4.39 Å². The van der Waals surface area contributed by atoms with E-state index in [1.165, 1.54) is 12.1 Å². The molecule has 1 saturated heterocycles. The maximum absolute atomic E-state index is 13.3. The Morgan fingerprint density at radius 3 is 3.06 bits per heavy atom. The standard InChI is InChI=1S/C14H20FNO2/c1-10(16-2)13-4-3-12(15)7-14(13)18-9-11-5-6-17-8-11/h3-4,7,10-11,16H,5-6,8-9H2,1-2H3. The molecule has 0 bridgehead atoms. The van der Waals surface area contributed by atoms with Gasteiger partial charge in [0.15, 0.2) is 0 Å². The first-order chi connectivity index (χ1) is 8.70. The van der Waals surface area contributed by atoms with Crippen LogP contribution in [0.5, 0.6) is 5.75 Å². The predicted molar refractivity (Wildman–Crippen MR) is 68.3 cm³/mol. The molecular formula is C14H20FNO2. The molecule has 2 unspecified atom stereocenters. The topological polar surface area (TPSA) is 30.5 Å². The fourth-order valence-corrected chi connectivity index (χ4v) is 2.07. The molecule has 1 fully saturated rings. The smallest absolute Gasteiger partial charge is 0.126 e. The molecule has 1 aliphatic heterocycles. The SMILES string of the molecule is CNC(C)c1ccc(F)cc1OCC1CCOC1. The Balaban J connectivity index is 2.06. The van der Waals surface area contributed by atoms with Gasteiger partial charge in [-0.3, -0.25) is 0 Å². The van der Waals surface area contributed by atoms with Gasteiger partial charge >= 0.3 is 0 Å². The number of hydrogen-bond donors (Lipinski definition) is 1. The van der Waals surface area contributed by atoms with Gasteiger partial charge in [-0.15, -0.1) is 0 Å². The Morgan fingerprint density at radius 1 is 1.56 bits per heavy atom. The molecule has 1 aliphatic rings. The van der Waals surface area contributed by atoms with Gasteiger partial charge in [0, 0.05) is 30.2 Å². The normalized spacial score (nSPS) is 20.9. The third-order valence-electron chi connectivity index (χ3n) is 3.37. The van der Waals surface area contributed by atoms with E-state index in [1.807, 2.05) is 14.0 Å². The lowest BCUT2D eigenvalue weighted by Gasteiger charge is -2.18. The first-order valence-corrected chi connectivity index (χ1v) is 6.38. The summed E-state index contributed by atoms with van der Waals surface area (Å²) in [4.78, 5) is 0. The highest BCUT2D eigenvalue weighted by Crippen LogP contribution is 2.27. The van der Waals surface area contributed by atoms with Crippen LogP contribution in [0.25, 0.3) is 0 Å². The molecule has 1 aromatic carbocycles. The van der Waals surface area contributed by atoms with Gasteiger partial charge in [0.05, 0.1) is 13.2 Å². The zero-order valence-electron chi connectivity index (χ0n) is 10.9. The van der Waals surface area contributed by atoms with Crippen molar-refractivity contribution in [2.75, 3.05) is 26.9 Å². The molecule has 100 valence electrons. The Kier molecular flexibility index (Phi) is 4.55. The summed E-state index contributed by atoms with van der Waals surface area (Å²) >= 11 is 0. The van der Waals surface area contributed by atoms with Crippen LogP contribution >= 0.6 is 0 Å². The van der Waals surface area contributed by atoms with E-state index in [0.29, 0.717) is 18.3 Å². The molecule has 2 rings (SSSR count). The predicted octanol–water partition coefficient (Wildman–Crippen LogP) is 2.52. The third kappa shape index (κ3) is 3.21. The fraction of sp³-hybridized carbons (Fsp3) is 0.571. The van der Waals surface area contributed by atoms with Crippen LogP contribution in [0.3, 0.4) is 0 Å². The average Bonchev–Trinajstić information content (AvgIpc) is 2.88. The molecule has 2 atom stereocenters. The molecule has 0 spiro atoms. The Morgan fingerprint density at radius 2 is 2.39 bits per heavy atom. The molecule has 1 heterocycles. The van der Waals surface area contributed by atoms with Crippen molar-refractivity contribution >= 4 is 0 Å². The molecule has 0 saturated carbocycles. The van der Waals surface area contributed by atoms with Crippen LogP contribution in [0.1, 0.15) is 24.9 Å². The first kappa shape index (κ1) is 13.3. The molecule has 1 aromatic rings. The summed E-state index contributed by atoms with van der Waals surface area (Å²) in [6.45, 7) is 4.16. The minimum atomic E-state index is -0.264. The highest BCUT2D eigenvalue weighted by atomic mass is 19.1. The monoisotopic (exact) mass is 253 g/mol. The van der Waals surface area contributed by atoms with Crippen molar-refractivity contribution in [1.29, 1.82) is 0 Å². The second-order valence-electron chi connectivity index (χ2n) is 4.73. The van der Waals surface area contributed by atoms with E-state index >= 15 is 0 Å². The highest BCUT2D eigenvalue weighted by molar-refractivity contribution is 5.36. The fourth-order valence-electron chi connectivity index (χ4n) is 2.07. The van der Waals surface area contributed by atoms with Crippen LogP contribution in [-0.2, 0) is 4.74 Å². The lowest BCUT2D eigenvalue weighted by Crippen LogP contribution is -2.16. The van der Waals surface area contributed by atoms with E-state index < -0.39 is 0 Å². The third-order valence-corrected chi connectivity index (χ3v) is 3.37. The molecule has 3 nitrogen and oxygen atoms in total. The second kappa shape index (κ2) is 6.16. The Labute approximate surface area is 107 Å². The number of nitrogens with one attached hydrogen (secondary N) is 1. The first-order valence-electron chi connectivity index (χ1n) is 6.38. The molecule has 0 amide bonds. The maximum atomic E-state index is 13.3. The number of halogens is 1. The lowest BCUT2D eigenvalue weighted by atomic mass is 10.1. The van der Waals surface area contributed by atoms with Gasteiger partial charge in [-0.2, -0.15) is 0 Å². The van der Waals surface area contributed by atoms with Crippen LogP contribution in [-0.4, -0.2) is 26.9 Å². The van der Waals surface area contributed by atoms with E-state index in [4.69, 9.17) is 9.47 Å². The van der Waals surface area contributed by atoms with Crippen molar-refractivity contribution in [2.24, 2.45) is 5.92 Å². The van der Waals surface area contributed by atoms with E-state index in [0.717, 1.165) is 25.2 Å². The van der Waals surface area contributed by atoms with E-state index in [-0.39, 0.29) is 11.9 Å². The number of hydrogen-bond acceptors (Lipinski definition) is 3. The zero-order chi connectivity index (χ0) is 13.0. The summed E-state index contributed by atoms with van der Waals surface area (Å²) in [6.07, 6.45) is 1.02. The van der Waals surface area contributed by atoms with Gasteiger partial charge in [0.25, 0.3) is 0 Å². The molecule has 18 heavy (non-hydrogen) atoms. The number of ether oxygens (including phenoxy) is 2. The second-order valence-corrected chi connectivity index (χ2v) is 4.73. The molecular weight excluding hydrogens is 233 g/mol. The van der Waals surface area contributed by atoms with E-state index in [2.05, 4.69) is 5.32 Å². The summed E-state index contributed by atoms with van der Waals surface area (Å²) < 4.78 is 24.4. The van der Waals surface area contributed by atoms with Crippen molar-refractivity contribution in [3.63, 3.8) is 0 Å². The Bertz CT molecular complexity index is 391. The minimum Gasteiger partial charge on any atom is -0.493 e. The minimum absolute atomic E-state index is 0.139. The largest absolute Gasteiger partial charge is 0.493 e. The van der Waals surface area contributed by atoms with Gasteiger partial charge in [-0.25, -0.2) is 4.39 Å². The van der Waals surface area contributed by atoms with Crippen LogP contribution in [0.15, 0.2) is 18.2 Å². The van der Waals surface area contributed by atoms with Crippen molar-refractivity contribution in [3.05, 3.63) is 29.6 Å². The summed E-state index contributed by atoms with van der Waals surface area (Å²) in [5.41, 5.74) is 0.984. The summed E-state index contributed by atoms with van der Waals surface area (Å²) in [6, 6.07) is 4.84. The van der Waals surface area contributed by atoms with Crippen molar-refractivity contribution in [1.82, 2.24) is 5.32 Å². The van der Waals surface area contributed by atoms with E-state index in [9.17, 15) is 4.39 Å². The molecule has 0 aromatic heterocycles. The number of benzene rings is 1. The van der Waals surface area contributed by atoms with Crippen molar-refractivity contribution in [2.45, 2.75) is 19.4 Å². The lowest BCUT2D eigenvalue weighted by molar-refractivity contribution is 0.166. The van der Waals surface area contributed by atoms with Gasteiger partial charge in [0.1, 0.15) is 11.6 Å². The van der Waals surface area contributed by atoms with Gasteiger partial charge in [-0.05, 0) is 26.5 Å². The highest BCUT2D eigenvalue weighted by Gasteiger charge is 2.18. The van der Waals surface area contributed by atoms with E-state index in [1.54, 1.807) is 6.07 Å². The molecule has 1 N–H and O–H groups in total. The van der Waals surface area contributed by atoms with Crippen molar-refractivity contribution < 1.29 is 13.9 Å².